The monoisotopic (exact) mass is 272 g/mol. The zero-order valence-electron chi connectivity index (χ0n) is 8.14. The highest BCUT2D eigenvalue weighted by molar-refractivity contribution is 9.10. The van der Waals surface area contributed by atoms with Crippen molar-refractivity contribution >= 4 is 15.9 Å². The molecule has 3 heteroatoms. The van der Waals surface area contributed by atoms with E-state index in [-0.39, 0.29) is 9.89 Å². The molecule has 15 heavy (non-hydrogen) atoms. The third-order valence-corrected chi connectivity index (χ3v) is 4.61. The number of alkyl halides is 3. The zero-order chi connectivity index (χ0) is 10.7. The fourth-order valence-electron chi connectivity index (χ4n) is 2.95. The van der Waals surface area contributed by atoms with Crippen molar-refractivity contribution in [3.8, 4) is 0 Å². The summed E-state index contributed by atoms with van der Waals surface area (Å²) < 4.78 is 28.4. The molecular formula is C12H11BrF2. The molecule has 0 aliphatic heterocycles. The minimum absolute atomic E-state index is 0.0468. The van der Waals surface area contributed by atoms with Gasteiger partial charge in [0.25, 0.3) is 5.92 Å². The van der Waals surface area contributed by atoms with Gasteiger partial charge in [0.15, 0.2) is 0 Å². The van der Waals surface area contributed by atoms with Crippen molar-refractivity contribution in [2.45, 2.75) is 29.5 Å². The first-order valence-corrected chi connectivity index (χ1v) is 5.89. The lowest BCUT2D eigenvalue weighted by Gasteiger charge is -2.70. The lowest BCUT2D eigenvalue weighted by molar-refractivity contribution is -0.253. The topological polar surface area (TPSA) is 0 Å². The van der Waals surface area contributed by atoms with Crippen molar-refractivity contribution in [3.05, 3.63) is 35.9 Å². The van der Waals surface area contributed by atoms with Crippen LogP contribution in [0.15, 0.2) is 30.3 Å². The first-order chi connectivity index (χ1) is 6.98. The van der Waals surface area contributed by atoms with E-state index in [9.17, 15) is 8.78 Å². The summed E-state index contributed by atoms with van der Waals surface area (Å²) in [6.45, 7) is 0. The summed E-state index contributed by atoms with van der Waals surface area (Å²) in [5, 5.41) is 0. The number of benzene rings is 1. The molecule has 80 valence electrons. The molecule has 0 amide bonds. The van der Waals surface area contributed by atoms with E-state index in [1.807, 2.05) is 0 Å². The third-order valence-electron chi connectivity index (χ3n) is 3.77. The van der Waals surface area contributed by atoms with Gasteiger partial charge in [-0.25, -0.2) is 8.78 Å². The second-order valence-electron chi connectivity index (χ2n) is 4.90. The maximum atomic E-state index is 14.2. The Bertz CT molecular complexity index is 380. The predicted octanol–water partition coefficient (Wildman–Crippen LogP) is 4.10. The standard InChI is InChI=1S/C12H11BrF2/c13-11-6-10(7-11,8-11)12(14,15)9-4-2-1-3-5-9/h1-5H,6-8H2. The average Bonchev–Trinajstić information content (AvgIpc) is 2.13. The molecule has 0 saturated heterocycles. The Kier molecular flexibility index (Phi) is 1.71. The second-order valence-corrected chi connectivity index (χ2v) is 6.58. The summed E-state index contributed by atoms with van der Waals surface area (Å²) in [5.74, 6) is -2.66. The summed E-state index contributed by atoms with van der Waals surface area (Å²) in [5.41, 5.74) is -0.586. The SMILES string of the molecule is FC(F)(c1ccccc1)C12CC(Br)(C1)C2. The van der Waals surface area contributed by atoms with Crippen LogP contribution >= 0.6 is 15.9 Å². The van der Waals surface area contributed by atoms with E-state index in [4.69, 9.17) is 0 Å². The fourth-order valence-corrected chi connectivity index (χ4v) is 4.56. The van der Waals surface area contributed by atoms with Crippen molar-refractivity contribution in [2.75, 3.05) is 0 Å². The van der Waals surface area contributed by atoms with E-state index < -0.39 is 11.3 Å². The zero-order valence-corrected chi connectivity index (χ0v) is 9.73. The maximum Gasteiger partial charge on any atom is 0.278 e. The normalized spacial score (nSPS) is 38.1. The summed E-state index contributed by atoms with van der Waals surface area (Å²) >= 11 is 3.50. The van der Waals surface area contributed by atoms with Crippen molar-refractivity contribution < 1.29 is 8.78 Å². The molecule has 0 aromatic heterocycles. The van der Waals surface area contributed by atoms with Gasteiger partial charge in [-0.2, -0.15) is 0 Å². The molecule has 3 fully saturated rings. The number of hydrogen-bond acceptors (Lipinski definition) is 0. The molecule has 0 spiro atoms. The average molecular weight is 273 g/mol. The Morgan fingerprint density at radius 2 is 1.60 bits per heavy atom. The van der Waals surface area contributed by atoms with Crippen molar-refractivity contribution in [1.29, 1.82) is 0 Å². The van der Waals surface area contributed by atoms with Crippen LogP contribution in [0.1, 0.15) is 24.8 Å². The highest BCUT2D eigenvalue weighted by atomic mass is 79.9. The van der Waals surface area contributed by atoms with E-state index >= 15 is 0 Å². The van der Waals surface area contributed by atoms with Gasteiger partial charge < -0.3 is 0 Å². The maximum absolute atomic E-state index is 14.2. The smallest absolute Gasteiger partial charge is 0.201 e. The van der Waals surface area contributed by atoms with E-state index in [0.29, 0.717) is 19.3 Å². The molecule has 4 rings (SSSR count). The molecule has 0 N–H and O–H groups in total. The Hall–Kier alpha value is -0.440. The van der Waals surface area contributed by atoms with Crippen molar-refractivity contribution in [1.82, 2.24) is 0 Å². The van der Waals surface area contributed by atoms with Crippen LogP contribution in [0.2, 0.25) is 0 Å². The van der Waals surface area contributed by atoms with Gasteiger partial charge in [-0.05, 0) is 19.3 Å². The van der Waals surface area contributed by atoms with Gasteiger partial charge in [-0.3, -0.25) is 0 Å². The minimum atomic E-state index is -2.66. The predicted molar refractivity (Wildman–Crippen MR) is 58.3 cm³/mol. The quantitative estimate of drug-likeness (QED) is 0.712. The Morgan fingerprint density at radius 1 is 1.07 bits per heavy atom. The first-order valence-electron chi connectivity index (χ1n) is 5.10. The molecule has 0 heterocycles. The summed E-state index contributed by atoms with van der Waals surface area (Å²) in [6.07, 6.45) is 1.84. The summed E-state index contributed by atoms with van der Waals surface area (Å²) in [6, 6.07) is 8.19. The van der Waals surface area contributed by atoms with Gasteiger partial charge in [0.1, 0.15) is 0 Å². The van der Waals surface area contributed by atoms with E-state index in [1.54, 1.807) is 18.2 Å². The lowest BCUT2D eigenvalue weighted by atomic mass is 9.41. The number of halogens is 3. The first kappa shape index (κ1) is 9.76. The van der Waals surface area contributed by atoms with Gasteiger partial charge in [-0.1, -0.05) is 46.3 Å². The summed E-state index contributed by atoms with van der Waals surface area (Å²) in [4.78, 5) is 0. The van der Waals surface area contributed by atoms with Crippen LogP contribution in [0.4, 0.5) is 8.78 Å². The molecule has 0 unspecified atom stereocenters. The van der Waals surface area contributed by atoms with Crippen LogP contribution < -0.4 is 0 Å². The lowest BCUT2D eigenvalue weighted by Crippen LogP contribution is -2.69. The Balaban J connectivity index is 1.92. The molecule has 3 aliphatic carbocycles. The number of hydrogen-bond donors (Lipinski definition) is 0. The Labute approximate surface area is 95.8 Å². The van der Waals surface area contributed by atoms with Gasteiger partial charge in [0, 0.05) is 15.3 Å². The van der Waals surface area contributed by atoms with Gasteiger partial charge >= 0.3 is 0 Å². The Morgan fingerprint density at radius 3 is 2.07 bits per heavy atom. The molecule has 3 saturated carbocycles. The molecule has 0 nitrogen and oxygen atoms in total. The molecule has 0 atom stereocenters. The van der Waals surface area contributed by atoms with E-state index in [2.05, 4.69) is 15.9 Å². The molecule has 2 bridgehead atoms. The molecule has 0 radical (unpaired) electrons. The molecule has 1 aromatic rings. The highest BCUT2D eigenvalue weighted by Gasteiger charge is 2.76. The largest absolute Gasteiger partial charge is 0.278 e. The molecular weight excluding hydrogens is 262 g/mol. The van der Waals surface area contributed by atoms with Crippen LogP contribution in [-0.2, 0) is 5.92 Å². The minimum Gasteiger partial charge on any atom is -0.201 e. The van der Waals surface area contributed by atoms with Crippen LogP contribution in [-0.4, -0.2) is 4.32 Å². The van der Waals surface area contributed by atoms with E-state index in [1.165, 1.54) is 12.1 Å². The van der Waals surface area contributed by atoms with E-state index in [0.717, 1.165) is 0 Å². The van der Waals surface area contributed by atoms with Crippen molar-refractivity contribution in [2.24, 2.45) is 5.41 Å². The van der Waals surface area contributed by atoms with Gasteiger partial charge in [0.05, 0.1) is 0 Å². The summed E-state index contributed by atoms with van der Waals surface area (Å²) in [7, 11) is 0. The van der Waals surface area contributed by atoms with Gasteiger partial charge in [0.2, 0.25) is 0 Å². The third kappa shape index (κ3) is 1.10. The molecule has 3 aliphatic rings. The van der Waals surface area contributed by atoms with Crippen LogP contribution in [0, 0.1) is 5.41 Å². The number of rotatable bonds is 2. The second kappa shape index (κ2) is 2.62. The van der Waals surface area contributed by atoms with Crippen LogP contribution in [0.3, 0.4) is 0 Å². The van der Waals surface area contributed by atoms with Crippen molar-refractivity contribution in [3.63, 3.8) is 0 Å². The van der Waals surface area contributed by atoms with Crippen LogP contribution in [0.25, 0.3) is 0 Å². The fraction of sp³-hybridized carbons (Fsp3) is 0.500. The van der Waals surface area contributed by atoms with Crippen LogP contribution in [0.5, 0.6) is 0 Å². The molecule has 1 aromatic carbocycles. The van der Waals surface area contributed by atoms with Gasteiger partial charge in [-0.15, -0.1) is 0 Å². The highest BCUT2D eigenvalue weighted by Crippen LogP contribution is 2.78.